The van der Waals surface area contributed by atoms with Crippen LogP contribution in [0.2, 0.25) is 10.0 Å². The van der Waals surface area contributed by atoms with Crippen LogP contribution >= 0.6 is 23.2 Å². The molecule has 0 aliphatic heterocycles. The molecule has 0 saturated heterocycles. The second-order valence-electron chi connectivity index (χ2n) is 4.52. The number of halogens is 2. The highest BCUT2D eigenvalue weighted by molar-refractivity contribution is 7.92. The first-order valence-electron chi connectivity index (χ1n) is 6.13. The minimum Gasteiger partial charge on any atom is -0.369 e. The number of carbonyl (C=O) groups is 1. The number of nitrogens with one attached hydrogen (secondary N) is 1. The summed E-state index contributed by atoms with van der Waals surface area (Å²) < 4.78 is 26.9. The van der Waals surface area contributed by atoms with E-state index in [1.165, 1.54) is 18.2 Å². The Kier molecular flexibility index (Phi) is 4.95. The second kappa shape index (κ2) is 6.56. The summed E-state index contributed by atoms with van der Waals surface area (Å²) in [7, 11) is -3.77. The van der Waals surface area contributed by atoms with Crippen molar-refractivity contribution in [2.24, 2.45) is 5.73 Å². The lowest BCUT2D eigenvalue weighted by Crippen LogP contribution is -2.14. The van der Waals surface area contributed by atoms with Gasteiger partial charge in [-0.3, -0.25) is 9.52 Å². The van der Waals surface area contributed by atoms with E-state index in [1.807, 2.05) is 0 Å². The quantitative estimate of drug-likeness (QED) is 0.860. The minimum absolute atomic E-state index is 0.00288. The molecule has 0 aromatic heterocycles. The van der Waals surface area contributed by atoms with Crippen LogP contribution in [0, 0.1) is 0 Å². The molecule has 116 valence electrons. The Balaban J connectivity index is 2.21. The van der Waals surface area contributed by atoms with Gasteiger partial charge in [0.2, 0.25) is 5.91 Å². The van der Waals surface area contributed by atoms with Gasteiger partial charge in [-0.05, 0) is 35.9 Å². The SMILES string of the molecule is NC(=O)Cc1ccc(NS(=O)(=O)c2ccc(Cl)c(Cl)c2)cc1. The van der Waals surface area contributed by atoms with Crippen LogP contribution in [-0.4, -0.2) is 14.3 Å². The molecular weight excluding hydrogens is 347 g/mol. The molecule has 0 heterocycles. The van der Waals surface area contributed by atoms with E-state index in [9.17, 15) is 13.2 Å². The Bertz CT molecular complexity index is 805. The maximum atomic E-state index is 12.2. The van der Waals surface area contributed by atoms with Gasteiger partial charge >= 0.3 is 0 Å². The summed E-state index contributed by atoms with van der Waals surface area (Å²) in [5, 5.41) is 0.428. The summed E-state index contributed by atoms with van der Waals surface area (Å²) in [5.41, 5.74) is 6.15. The third kappa shape index (κ3) is 4.13. The first-order chi connectivity index (χ1) is 10.3. The van der Waals surface area contributed by atoms with Gasteiger partial charge in [-0.2, -0.15) is 0 Å². The number of amides is 1. The van der Waals surface area contributed by atoms with E-state index in [0.29, 0.717) is 11.3 Å². The van der Waals surface area contributed by atoms with Gasteiger partial charge in [0.1, 0.15) is 0 Å². The van der Waals surface area contributed by atoms with Crippen LogP contribution in [0.5, 0.6) is 0 Å². The minimum atomic E-state index is -3.77. The number of hydrogen-bond donors (Lipinski definition) is 2. The van der Waals surface area contributed by atoms with Gasteiger partial charge in [-0.1, -0.05) is 35.3 Å². The number of sulfonamides is 1. The monoisotopic (exact) mass is 358 g/mol. The van der Waals surface area contributed by atoms with Crippen molar-refractivity contribution in [3.63, 3.8) is 0 Å². The molecule has 5 nitrogen and oxygen atoms in total. The Morgan fingerprint density at radius 2 is 1.68 bits per heavy atom. The van der Waals surface area contributed by atoms with Crippen molar-refractivity contribution >= 4 is 44.8 Å². The van der Waals surface area contributed by atoms with Gasteiger partial charge < -0.3 is 5.73 Å². The van der Waals surface area contributed by atoms with Gasteiger partial charge in [0, 0.05) is 5.69 Å². The lowest BCUT2D eigenvalue weighted by Gasteiger charge is -2.09. The van der Waals surface area contributed by atoms with Gasteiger partial charge in [-0.15, -0.1) is 0 Å². The molecule has 0 aliphatic carbocycles. The maximum Gasteiger partial charge on any atom is 0.261 e. The lowest BCUT2D eigenvalue weighted by atomic mass is 10.1. The van der Waals surface area contributed by atoms with Crippen molar-refractivity contribution in [1.29, 1.82) is 0 Å². The average molecular weight is 359 g/mol. The van der Waals surface area contributed by atoms with Gasteiger partial charge in [-0.25, -0.2) is 8.42 Å². The van der Waals surface area contributed by atoms with Crippen molar-refractivity contribution in [3.8, 4) is 0 Å². The first kappa shape index (κ1) is 16.6. The summed E-state index contributed by atoms with van der Waals surface area (Å²) >= 11 is 11.6. The standard InChI is InChI=1S/C14H12Cl2N2O3S/c15-12-6-5-11(8-13(12)16)22(20,21)18-10-3-1-9(2-4-10)7-14(17)19/h1-6,8,18H,7H2,(H2,17,19). The lowest BCUT2D eigenvalue weighted by molar-refractivity contribution is -0.117. The Hall–Kier alpha value is -1.76. The molecule has 22 heavy (non-hydrogen) atoms. The van der Waals surface area contributed by atoms with Gasteiger partial charge in [0.15, 0.2) is 0 Å². The molecule has 3 N–H and O–H groups in total. The summed E-state index contributed by atoms with van der Waals surface area (Å²) in [5.74, 6) is -0.455. The van der Waals surface area contributed by atoms with Crippen LogP contribution in [0.4, 0.5) is 5.69 Å². The number of hydrogen-bond acceptors (Lipinski definition) is 3. The van der Waals surface area contributed by atoms with Crippen LogP contribution in [0.15, 0.2) is 47.4 Å². The fraction of sp³-hybridized carbons (Fsp3) is 0.0714. The topological polar surface area (TPSA) is 89.3 Å². The number of primary amides is 1. The molecule has 0 radical (unpaired) electrons. The Labute approximate surface area is 138 Å². The highest BCUT2D eigenvalue weighted by atomic mass is 35.5. The Morgan fingerprint density at radius 1 is 1.05 bits per heavy atom. The number of carbonyl (C=O) groups excluding carboxylic acids is 1. The number of benzene rings is 2. The maximum absolute atomic E-state index is 12.2. The van der Waals surface area contributed by atoms with Crippen molar-refractivity contribution in [3.05, 3.63) is 58.1 Å². The number of nitrogens with two attached hydrogens (primary N) is 1. The van der Waals surface area contributed by atoms with Gasteiger partial charge in [0.25, 0.3) is 10.0 Å². The second-order valence-corrected chi connectivity index (χ2v) is 7.02. The average Bonchev–Trinajstić information content (AvgIpc) is 2.43. The molecule has 0 aliphatic rings. The molecule has 0 atom stereocenters. The van der Waals surface area contributed by atoms with Crippen molar-refractivity contribution in [2.45, 2.75) is 11.3 Å². The summed E-state index contributed by atoms with van der Waals surface area (Å²) in [6.07, 6.45) is 0.0970. The van der Waals surface area contributed by atoms with Crippen LogP contribution in [0.3, 0.4) is 0 Å². The molecule has 2 aromatic rings. The van der Waals surface area contributed by atoms with Crippen LogP contribution < -0.4 is 10.5 Å². The summed E-state index contributed by atoms with van der Waals surface area (Å²) in [4.78, 5) is 10.8. The summed E-state index contributed by atoms with van der Waals surface area (Å²) in [6, 6.07) is 10.4. The normalized spacial score (nSPS) is 11.2. The zero-order valence-corrected chi connectivity index (χ0v) is 13.5. The fourth-order valence-corrected chi connectivity index (χ4v) is 3.20. The third-order valence-corrected chi connectivity index (χ3v) is 4.90. The molecule has 8 heteroatoms. The fourth-order valence-electron chi connectivity index (χ4n) is 1.75. The zero-order chi connectivity index (χ0) is 16.3. The largest absolute Gasteiger partial charge is 0.369 e. The third-order valence-electron chi connectivity index (χ3n) is 2.79. The smallest absolute Gasteiger partial charge is 0.261 e. The van der Waals surface area contributed by atoms with E-state index in [0.717, 1.165) is 0 Å². The summed E-state index contributed by atoms with van der Waals surface area (Å²) in [6.45, 7) is 0. The molecular formula is C14H12Cl2N2O3S. The number of anilines is 1. The number of rotatable bonds is 5. The molecule has 0 bridgehead atoms. The van der Waals surface area contributed by atoms with E-state index in [-0.39, 0.29) is 21.4 Å². The Morgan fingerprint density at radius 3 is 2.23 bits per heavy atom. The van der Waals surface area contributed by atoms with E-state index in [2.05, 4.69) is 4.72 Å². The van der Waals surface area contributed by atoms with Crippen LogP contribution in [0.1, 0.15) is 5.56 Å². The van der Waals surface area contributed by atoms with Crippen LogP contribution in [-0.2, 0) is 21.2 Å². The van der Waals surface area contributed by atoms with Crippen LogP contribution in [0.25, 0.3) is 0 Å². The molecule has 2 rings (SSSR count). The van der Waals surface area contributed by atoms with Crippen molar-refractivity contribution in [1.82, 2.24) is 0 Å². The van der Waals surface area contributed by atoms with E-state index in [1.54, 1.807) is 24.3 Å². The zero-order valence-electron chi connectivity index (χ0n) is 11.2. The molecule has 2 aromatic carbocycles. The van der Waals surface area contributed by atoms with Crippen molar-refractivity contribution in [2.75, 3.05) is 4.72 Å². The van der Waals surface area contributed by atoms with E-state index in [4.69, 9.17) is 28.9 Å². The highest BCUT2D eigenvalue weighted by Gasteiger charge is 2.15. The molecule has 1 amide bonds. The molecule has 0 fully saturated rings. The van der Waals surface area contributed by atoms with Crippen molar-refractivity contribution < 1.29 is 13.2 Å². The van der Waals surface area contributed by atoms with E-state index < -0.39 is 15.9 Å². The van der Waals surface area contributed by atoms with Gasteiger partial charge in [0.05, 0.1) is 21.4 Å². The predicted octanol–water partition coefficient (Wildman–Crippen LogP) is 2.82. The molecule has 0 saturated carbocycles. The molecule has 0 unspecified atom stereocenters. The molecule has 0 spiro atoms. The predicted molar refractivity (Wildman–Crippen MR) is 86.6 cm³/mol. The first-order valence-corrected chi connectivity index (χ1v) is 8.37. The van der Waals surface area contributed by atoms with E-state index >= 15 is 0 Å². The highest BCUT2D eigenvalue weighted by Crippen LogP contribution is 2.26.